The molecule has 1 aliphatic rings. The van der Waals surface area contributed by atoms with Crippen LogP contribution in [0.1, 0.15) is 43.9 Å². The lowest BCUT2D eigenvalue weighted by molar-refractivity contribution is 0.0697. The molecule has 1 aromatic carbocycles. The first-order valence-corrected chi connectivity index (χ1v) is 9.27. The van der Waals surface area contributed by atoms with Crippen molar-refractivity contribution in [1.29, 1.82) is 0 Å². The Morgan fingerprint density at radius 3 is 2.36 bits per heavy atom. The molecule has 1 fully saturated rings. The van der Waals surface area contributed by atoms with Gasteiger partial charge in [0, 0.05) is 26.2 Å². The van der Waals surface area contributed by atoms with Crippen LogP contribution in [0.25, 0.3) is 0 Å². The minimum Gasteiger partial charge on any atom is -0.396 e. The molecule has 1 atom stereocenters. The van der Waals surface area contributed by atoms with Gasteiger partial charge in [0.25, 0.3) is 0 Å². The molecule has 5 heteroatoms. The number of piperidine rings is 1. The Bertz CT molecular complexity index is 549. The molecule has 2 amide bonds. The van der Waals surface area contributed by atoms with Crippen LogP contribution in [0.2, 0.25) is 0 Å². The highest BCUT2D eigenvalue weighted by molar-refractivity contribution is 5.74. The van der Waals surface area contributed by atoms with Crippen LogP contribution in [0, 0.1) is 5.41 Å². The van der Waals surface area contributed by atoms with Crippen LogP contribution in [0.15, 0.2) is 24.3 Å². The summed E-state index contributed by atoms with van der Waals surface area (Å²) in [5.41, 5.74) is 2.50. The third kappa shape index (κ3) is 5.19. The average molecular weight is 348 g/mol. The number of nitrogens with zero attached hydrogens (tertiary/aromatic N) is 2. The first-order valence-electron chi connectivity index (χ1n) is 9.27. The molecule has 1 saturated heterocycles. The highest BCUT2D eigenvalue weighted by Gasteiger charge is 2.31. The van der Waals surface area contributed by atoms with Gasteiger partial charge in [-0.05, 0) is 49.9 Å². The van der Waals surface area contributed by atoms with Crippen LogP contribution in [0.3, 0.4) is 0 Å². The minimum atomic E-state index is -0.0377. The van der Waals surface area contributed by atoms with E-state index in [2.05, 4.69) is 48.3 Å². The van der Waals surface area contributed by atoms with Crippen molar-refractivity contribution in [2.45, 2.75) is 39.2 Å². The van der Waals surface area contributed by atoms with Gasteiger partial charge in [0.2, 0.25) is 0 Å². The van der Waals surface area contributed by atoms with Crippen LogP contribution in [-0.2, 0) is 6.42 Å². The summed E-state index contributed by atoms with van der Waals surface area (Å²) in [6.07, 6.45) is 2.74. The number of carbonyl (C=O) groups excluding carboxylic acids is 1. The first kappa shape index (κ1) is 19.7. The highest BCUT2D eigenvalue weighted by Crippen LogP contribution is 2.30. The molecule has 1 aromatic rings. The van der Waals surface area contributed by atoms with E-state index in [1.165, 1.54) is 11.1 Å². The minimum absolute atomic E-state index is 0.00276. The van der Waals surface area contributed by atoms with E-state index in [4.69, 9.17) is 0 Å². The molecule has 5 nitrogen and oxygen atoms in total. The van der Waals surface area contributed by atoms with E-state index in [-0.39, 0.29) is 24.1 Å². The van der Waals surface area contributed by atoms with E-state index in [0.717, 1.165) is 19.3 Å². The van der Waals surface area contributed by atoms with E-state index in [9.17, 15) is 9.90 Å². The number of aryl methyl sites for hydroxylation is 1. The lowest BCUT2D eigenvalue weighted by atomic mass is 9.81. The summed E-state index contributed by atoms with van der Waals surface area (Å²) in [6, 6.07) is 8.79. The number of urea groups is 1. The lowest BCUT2D eigenvalue weighted by Gasteiger charge is -2.38. The summed E-state index contributed by atoms with van der Waals surface area (Å²) in [6.45, 7) is 6.44. The van der Waals surface area contributed by atoms with Gasteiger partial charge < -0.3 is 20.2 Å². The fourth-order valence-electron chi connectivity index (χ4n) is 3.28. The first-order chi connectivity index (χ1) is 11.9. The number of rotatable bonds is 6. The van der Waals surface area contributed by atoms with E-state index in [0.29, 0.717) is 19.6 Å². The maximum absolute atomic E-state index is 12.5. The third-order valence-electron chi connectivity index (χ3n) is 5.48. The Balaban J connectivity index is 1.91. The van der Waals surface area contributed by atoms with Gasteiger partial charge in [0.1, 0.15) is 0 Å². The maximum atomic E-state index is 12.5. The topological polar surface area (TPSA) is 55.8 Å². The molecular weight excluding hydrogens is 314 g/mol. The summed E-state index contributed by atoms with van der Waals surface area (Å²) in [5.74, 6) is 0. The van der Waals surface area contributed by atoms with Gasteiger partial charge >= 0.3 is 6.03 Å². The summed E-state index contributed by atoms with van der Waals surface area (Å²) >= 11 is 0. The molecule has 2 rings (SSSR count). The van der Waals surface area contributed by atoms with Crippen molar-refractivity contribution in [2.24, 2.45) is 5.41 Å². The average Bonchev–Trinajstić information content (AvgIpc) is 2.62. The molecule has 140 valence electrons. The van der Waals surface area contributed by atoms with Crippen molar-refractivity contribution in [1.82, 2.24) is 15.1 Å². The second kappa shape index (κ2) is 8.68. The zero-order chi connectivity index (χ0) is 18.4. The summed E-state index contributed by atoms with van der Waals surface area (Å²) in [4.78, 5) is 16.5. The normalized spacial score (nSPS) is 18.2. The van der Waals surface area contributed by atoms with Crippen LogP contribution in [0.5, 0.6) is 0 Å². The summed E-state index contributed by atoms with van der Waals surface area (Å²) in [7, 11) is 4.08. The van der Waals surface area contributed by atoms with Gasteiger partial charge in [-0.15, -0.1) is 0 Å². The number of likely N-dealkylation sites (tertiary alicyclic amines) is 1. The van der Waals surface area contributed by atoms with Crippen molar-refractivity contribution in [2.75, 3.05) is 40.3 Å². The Morgan fingerprint density at radius 1 is 1.28 bits per heavy atom. The smallest absolute Gasteiger partial charge is 0.317 e. The van der Waals surface area contributed by atoms with Crippen molar-refractivity contribution >= 4 is 6.03 Å². The second-order valence-electron chi connectivity index (χ2n) is 7.72. The fraction of sp³-hybridized carbons (Fsp3) is 0.650. The number of hydrogen-bond acceptors (Lipinski definition) is 3. The largest absolute Gasteiger partial charge is 0.396 e. The quantitative estimate of drug-likeness (QED) is 0.832. The van der Waals surface area contributed by atoms with E-state index >= 15 is 0 Å². The molecule has 25 heavy (non-hydrogen) atoms. The standard InChI is InChI=1S/C20H33N3O2/c1-5-16-6-8-17(9-7-16)18(22(3)4)14-21-19(25)23-12-10-20(2,15-24)11-13-23/h6-9,18,24H,5,10-15H2,1-4H3,(H,21,25)/t18-/m1/s1. The summed E-state index contributed by atoms with van der Waals surface area (Å²) < 4.78 is 0. The van der Waals surface area contributed by atoms with Gasteiger partial charge in [0.05, 0.1) is 6.04 Å². The zero-order valence-electron chi connectivity index (χ0n) is 16.1. The van der Waals surface area contributed by atoms with Crippen LogP contribution >= 0.6 is 0 Å². The molecule has 0 radical (unpaired) electrons. The number of aliphatic hydroxyl groups excluding tert-OH is 1. The van der Waals surface area contributed by atoms with Crippen molar-refractivity contribution in [3.05, 3.63) is 35.4 Å². The Morgan fingerprint density at radius 2 is 1.88 bits per heavy atom. The predicted octanol–water partition coefficient (Wildman–Crippen LogP) is 2.66. The number of carbonyl (C=O) groups is 1. The van der Waals surface area contributed by atoms with Crippen molar-refractivity contribution in [3.8, 4) is 0 Å². The molecular formula is C20H33N3O2. The summed E-state index contributed by atoms with van der Waals surface area (Å²) in [5, 5.41) is 12.5. The molecule has 1 aliphatic heterocycles. The van der Waals surface area contributed by atoms with E-state index in [1.54, 1.807) is 0 Å². The molecule has 0 aliphatic carbocycles. The highest BCUT2D eigenvalue weighted by atomic mass is 16.3. The SMILES string of the molecule is CCc1ccc([C@@H](CNC(=O)N2CCC(C)(CO)CC2)N(C)C)cc1. The van der Waals surface area contributed by atoms with E-state index in [1.807, 2.05) is 19.0 Å². The molecule has 0 bridgehead atoms. The second-order valence-corrected chi connectivity index (χ2v) is 7.72. The molecule has 1 heterocycles. The molecule has 0 unspecified atom stereocenters. The van der Waals surface area contributed by atoms with Gasteiger partial charge in [-0.1, -0.05) is 38.1 Å². The van der Waals surface area contributed by atoms with Gasteiger partial charge in [-0.3, -0.25) is 0 Å². The van der Waals surface area contributed by atoms with Crippen molar-refractivity contribution in [3.63, 3.8) is 0 Å². The molecule has 2 N–H and O–H groups in total. The monoisotopic (exact) mass is 347 g/mol. The van der Waals surface area contributed by atoms with Gasteiger partial charge in [-0.2, -0.15) is 0 Å². The van der Waals surface area contributed by atoms with Gasteiger partial charge in [-0.25, -0.2) is 4.79 Å². The third-order valence-corrected chi connectivity index (χ3v) is 5.48. The van der Waals surface area contributed by atoms with E-state index < -0.39 is 0 Å². The number of nitrogens with one attached hydrogen (secondary N) is 1. The maximum Gasteiger partial charge on any atom is 0.317 e. The number of benzene rings is 1. The molecule has 0 spiro atoms. The molecule has 0 saturated carbocycles. The Labute approximate surface area is 152 Å². The Kier molecular flexibility index (Phi) is 6.85. The van der Waals surface area contributed by atoms with Crippen LogP contribution in [-0.4, -0.2) is 61.3 Å². The van der Waals surface area contributed by atoms with Crippen LogP contribution < -0.4 is 5.32 Å². The van der Waals surface area contributed by atoms with Crippen molar-refractivity contribution < 1.29 is 9.90 Å². The zero-order valence-corrected chi connectivity index (χ0v) is 16.1. The predicted molar refractivity (Wildman–Crippen MR) is 102 cm³/mol. The number of amides is 2. The number of likely N-dealkylation sites (N-methyl/N-ethyl adjacent to an activating group) is 1. The van der Waals surface area contributed by atoms with Crippen LogP contribution in [0.4, 0.5) is 4.79 Å². The lowest BCUT2D eigenvalue weighted by Crippen LogP contribution is -2.48. The Hall–Kier alpha value is -1.59. The van der Waals surface area contributed by atoms with Gasteiger partial charge in [0.15, 0.2) is 0 Å². The number of aliphatic hydroxyl groups is 1. The molecule has 0 aromatic heterocycles. The number of hydrogen-bond donors (Lipinski definition) is 2. The fourth-order valence-corrected chi connectivity index (χ4v) is 3.28.